The van der Waals surface area contributed by atoms with E-state index >= 15 is 0 Å². The van der Waals surface area contributed by atoms with Crippen molar-refractivity contribution in [1.29, 1.82) is 0 Å². The van der Waals surface area contributed by atoms with E-state index in [-0.39, 0.29) is 15.6 Å². The summed E-state index contributed by atoms with van der Waals surface area (Å²) in [7, 11) is 0. The highest BCUT2D eigenvalue weighted by Gasteiger charge is 2.47. The van der Waals surface area contributed by atoms with Crippen molar-refractivity contribution in [3.05, 3.63) is 33.8 Å². The summed E-state index contributed by atoms with van der Waals surface area (Å²) >= 11 is 11.7. The van der Waals surface area contributed by atoms with Crippen LogP contribution in [0, 0.1) is 0 Å². The van der Waals surface area contributed by atoms with Gasteiger partial charge in [-0.15, -0.1) is 0 Å². The summed E-state index contributed by atoms with van der Waals surface area (Å²) in [6, 6.07) is 2.56. The monoisotopic (exact) mass is 285 g/mol. The Labute approximate surface area is 108 Å². The molecule has 2 N–H and O–H groups in total. The van der Waals surface area contributed by atoms with Crippen LogP contribution < -0.4 is 5.73 Å². The minimum atomic E-state index is -4.49. The summed E-state index contributed by atoms with van der Waals surface area (Å²) in [5, 5.41) is 0.325. The third-order valence-electron chi connectivity index (χ3n) is 2.78. The van der Waals surface area contributed by atoms with Crippen molar-refractivity contribution in [3.63, 3.8) is 0 Å². The maximum Gasteiger partial charge on any atom is 0.404 e. The Hall–Kier alpha value is -0.450. The number of rotatable bonds is 2. The van der Waals surface area contributed by atoms with Gasteiger partial charge in [0.25, 0.3) is 0 Å². The van der Waals surface area contributed by atoms with Gasteiger partial charge in [-0.25, -0.2) is 0 Å². The van der Waals surface area contributed by atoms with E-state index in [0.717, 1.165) is 0 Å². The molecule has 1 atom stereocenters. The molecular formula is C11H12Cl2F3N. The van der Waals surface area contributed by atoms with Gasteiger partial charge in [-0.3, -0.25) is 0 Å². The number of halogens is 5. The van der Waals surface area contributed by atoms with Gasteiger partial charge in [-0.2, -0.15) is 13.2 Å². The molecule has 0 heterocycles. The minimum Gasteiger partial charge on any atom is -0.319 e. The van der Waals surface area contributed by atoms with Crippen LogP contribution in [0.2, 0.25) is 10.0 Å². The Balaban J connectivity index is 3.26. The van der Waals surface area contributed by atoms with E-state index in [1.165, 1.54) is 26.0 Å². The highest BCUT2D eigenvalue weighted by Crippen LogP contribution is 2.40. The molecule has 1 unspecified atom stereocenters. The fourth-order valence-electron chi connectivity index (χ4n) is 1.58. The molecule has 0 saturated heterocycles. The third kappa shape index (κ3) is 2.87. The molecule has 0 aliphatic heterocycles. The van der Waals surface area contributed by atoms with Gasteiger partial charge in [-0.05, 0) is 11.6 Å². The van der Waals surface area contributed by atoms with Gasteiger partial charge in [0.1, 0.15) is 6.04 Å². The molecule has 0 spiro atoms. The van der Waals surface area contributed by atoms with Gasteiger partial charge in [0.15, 0.2) is 0 Å². The van der Waals surface area contributed by atoms with E-state index < -0.39 is 17.6 Å². The quantitative estimate of drug-likeness (QED) is 0.868. The first-order valence-corrected chi connectivity index (χ1v) is 5.61. The van der Waals surface area contributed by atoms with E-state index in [9.17, 15) is 13.2 Å². The zero-order valence-electron chi connectivity index (χ0n) is 9.28. The zero-order chi connectivity index (χ0) is 13.4. The van der Waals surface area contributed by atoms with Crippen molar-refractivity contribution in [2.24, 2.45) is 5.73 Å². The number of nitrogens with two attached hydrogens (primary N) is 1. The second-order valence-corrected chi connectivity index (χ2v) is 5.13. The van der Waals surface area contributed by atoms with E-state index in [1.807, 2.05) is 0 Å². The highest BCUT2D eigenvalue weighted by atomic mass is 35.5. The fourth-order valence-corrected chi connectivity index (χ4v) is 2.12. The van der Waals surface area contributed by atoms with Crippen LogP contribution in [-0.4, -0.2) is 12.2 Å². The summed E-state index contributed by atoms with van der Waals surface area (Å²) in [6.07, 6.45) is -4.49. The molecule has 0 bridgehead atoms. The molecule has 0 amide bonds. The Kier molecular flexibility index (Phi) is 4.01. The van der Waals surface area contributed by atoms with Crippen LogP contribution in [0.25, 0.3) is 0 Å². The predicted molar refractivity (Wildman–Crippen MR) is 63.5 cm³/mol. The molecule has 1 nitrogen and oxygen atoms in total. The summed E-state index contributed by atoms with van der Waals surface area (Å²) in [5.41, 5.74) is 4.19. The van der Waals surface area contributed by atoms with Crippen LogP contribution >= 0.6 is 23.2 Å². The molecule has 0 saturated carbocycles. The lowest BCUT2D eigenvalue weighted by Crippen LogP contribution is -2.51. The highest BCUT2D eigenvalue weighted by molar-refractivity contribution is 6.42. The van der Waals surface area contributed by atoms with Crippen LogP contribution in [0.5, 0.6) is 0 Å². The van der Waals surface area contributed by atoms with Gasteiger partial charge in [0.05, 0.1) is 10.0 Å². The molecular weight excluding hydrogens is 274 g/mol. The largest absolute Gasteiger partial charge is 0.404 e. The zero-order valence-corrected chi connectivity index (χ0v) is 10.8. The molecule has 1 aromatic carbocycles. The summed E-state index contributed by atoms with van der Waals surface area (Å²) in [5.74, 6) is 0. The van der Waals surface area contributed by atoms with Crippen molar-refractivity contribution in [2.75, 3.05) is 0 Å². The molecule has 17 heavy (non-hydrogen) atoms. The number of alkyl halides is 3. The van der Waals surface area contributed by atoms with Crippen molar-refractivity contribution in [2.45, 2.75) is 31.5 Å². The molecule has 0 aromatic heterocycles. The number of benzene rings is 1. The van der Waals surface area contributed by atoms with Crippen molar-refractivity contribution < 1.29 is 13.2 Å². The molecule has 0 fully saturated rings. The van der Waals surface area contributed by atoms with Crippen LogP contribution in [0.3, 0.4) is 0 Å². The Morgan fingerprint density at radius 3 is 2.18 bits per heavy atom. The topological polar surface area (TPSA) is 26.0 Å². The van der Waals surface area contributed by atoms with Gasteiger partial charge in [0, 0.05) is 5.41 Å². The first-order valence-electron chi connectivity index (χ1n) is 4.85. The van der Waals surface area contributed by atoms with Gasteiger partial charge in [0.2, 0.25) is 0 Å². The Morgan fingerprint density at radius 1 is 1.18 bits per heavy atom. The van der Waals surface area contributed by atoms with Crippen molar-refractivity contribution in [3.8, 4) is 0 Å². The predicted octanol–water partition coefficient (Wildman–Crippen LogP) is 4.16. The van der Waals surface area contributed by atoms with Gasteiger partial charge >= 0.3 is 6.18 Å². The number of hydrogen-bond donors (Lipinski definition) is 1. The van der Waals surface area contributed by atoms with Gasteiger partial charge < -0.3 is 5.73 Å². The van der Waals surface area contributed by atoms with Crippen LogP contribution in [0.1, 0.15) is 19.4 Å². The lowest BCUT2D eigenvalue weighted by Gasteiger charge is -2.34. The van der Waals surface area contributed by atoms with E-state index in [1.54, 1.807) is 6.07 Å². The lowest BCUT2D eigenvalue weighted by molar-refractivity contribution is -0.160. The first-order chi connectivity index (χ1) is 7.58. The maximum absolute atomic E-state index is 12.7. The average Bonchev–Trinajstić information content (AvgIpc) is 2.19. The third-order valence-corrected chi connectivity index (χ3v) is 3.59. The first kappa shape index (κ1) is 14.6. The summed E-state index contributed by atoms with van der Waals surface area (Å²) in [6.45, 7) is 2.78. The van der Waals surface area contributed by atoms with E-state index in [2.05, 4.69) is 0 Å². The van der Waals surface area contributed by atoms with Crippen molar-refractivity contribution >= 4 is 23.2 Å². The molecule has 0 aliphatic carbocycles. The van der Waals surface area contributed by atoms with Gasteiger partial charge in [-0.1, -0.05) is 49.2 Å². The average molecular weight is 286 g/mol. The van der Waals surface area contributed by atoms with Crippen molar-refractivity contribution in [1.82, 2.24) is 0 Å². The van der Waals surface area contributed by atoms with Crippen LogP contribution in [-0.2, 0) is 5.41 Å². The van der Waals surface area contributed by atoms with Crippen LogP contribution in [0.4, 0.5) is 13.2 Å². The lowest BCUT2D eigenvalue weighted by atomic mass is 9.78. The number of hydrogen-bond acceptors (Lipinski definition) is 1. The van der Waals surface area contributed by atoms with E-state index in [0.29, 0.717) is 0 Å². The second-order valence-electron chi connectivity index (χ2n) is 4.34. The van der Waals surface area contributed by atoms with Crippen LogP contribution in [0.15, 0.2) is 18.2 Å². The Morgan fingerprint density at radius 2 is 1.71 bits per heavy atom. The molecule has 1 aromatic rings. The molecule has 0 aliphatic rings. The molecule has 1 rings (SSSR count). The summed E-state index contributed by atoms with van der Waals surface area (Å²) < 4.78 is 38.0. The normalized spacial score (nSPS) is 14.8. The summed E-state index contributed by atoms with van der Waals surface area (Å²) in [4.78, 5) is 0. The molecule has 96 valence electrons. The fraction of sp³-hybridized carbons (Fsp3) is 0.455. The SMILES string of the molecule is CC(C)(c1cccc(Cl)c1Cl)C(N)C(F)(F)F. The standard InChI is InChI=1S/C11H12Cl2F3N/c1-10(2,9(17)11(14,15)16)6-4-3-5-7(12)8(6)13/h3-5,9H,17H2,1-2H3. The Bertz CT molecular complexity index is 416. The maximum atomic E-state index is 12.7. The molecule has 6 heteroatoms. The smallest absolute Gasteiger partial charge is 0.319 e. The molecule has 0 radical (unpaired) electrons. The minimum absolute atomic E-state index is 0.110. The van der Waals surface area contributed by atoms with E-state index in [4.69, 9.17) is 28.9 Å². The second kappa shape index (κ2) is 4.67.